The summed E-state index contributed by atoms with van der Waals surface area (Å²) in [4.78, 5) is 4.60. The number of anilines is 1. The Bertz CT molecular complexity index is 692. The Morgan fingerprint density at radius 2 is 1.68 bits per heavy atom. The Morgan fingerprint density at radius 1 is 0.895 bits per heavy atom. The van der Waals surface area contributed by atoms with Crippen LogP contribution in [0.25, 0.3) is 10.9 Å². The quantitative estimate of drug-likeness (QED) is 0.699. The summed E-state index contributed by atoms with van der Waals surface area (Å²) in [5, 5.41) is 13.6. The van der Waals surface area contributed by atoms with Crippen molar-refractivity contribution < 1.29 is 5.11 Å². The highest BCUT2D eigenvalue weighted by Gasteiger charge is 1.98. The first-order chi connectivity index (χ1) is 9.31. The minimum absolute atomic E-state index is 0.273. The zero-order valence-corrected chi connectivity index (χ0v) is 10.4. The van der Waals surface area contributed by atoms with E-state index in [0.29, 0.717) is 6.54 Å². The molecular weight excluding hydrogens is 236 g/mol. The summed E-state index contributed by atoms with van der Waals surface area (Å²) >= 11 is 0. The van der Waals surface area contributed by atoms with Gasteiger partial charge in [0.15, 0.2) is 0 Å². The van der Waals surface area contributed by atoms with E-state index in [-0.39, 0.29) is 5.75 Å². The van der Waals surface area contributed by atoms with Crippen molar-refractivity contribution in [3.8, 4) is 5.75 Å². The summed E-state index contributed by atoms with van der Waals surface area (Å²) < 4.78 is 0. The molecule has 0 saturated carbocycles. The highest BCUT2D eigenvalue weighted by Crippen LogP contribution is 2.16. The molecule has 1 aromatic heterocycles. The lowest BCUT2D eigenvalue weighted by Gasteiger charge is -2.07. The average molecular weight is 250 g/mol. The molecule has 0 amide bonds. The molecule has 0 fully saturated rings. The van der Waals surface area contributed by atoms with Gasteiger partial charge < -0.3 is 10.4 Å². The van der Waals surface area contributed by atoms with E-state index in [1.807, 2.05) is 36.4 Å². The lowest BCUT2D eigenvalue weighted by Crippen LogP contribution is -2.01. The molecule has 0 bridgehead atoms. The minimum Gasteiger partial charge on any atom is -0.508 e. The molecule has 1 heterocycles. The van der Waals surface area contributed by atoms with Crippen molar-refractivity contribution in [3.63, 3.8) is 0 Å². The van der Waals surface area contributed by atoms with Crippen LogP contribution in [0.3, 0.4) is 0 Å². The molecule has 94 valence electrons. The largest absolute Gasteiger partial charge is 0.508 e. The van der Waals surface area contributed by atoms with Crippen LogP contribution in [0.4, 0.5) is 5.69 Å². The normalized spacial score (nSPS) is 10.5. The summed E-state index contributed by atoms with van der Waals surface area (Å²) in [5.41, 5.74) is 2.96. The molecule has 0 unspecified atom stereocenters. The second kappa shape index (κ2) is 4.98. The van der Waals surface area contributed by atoms with E-state index in [4.69, 9.17) is 0 Å². The van der Waals surface area contributed by atoms with Crippen molar-refractivity contribution in [2.24, 2.45) is 0 Å². The van der Waals surface area contributed by atoms with Crippen LogP contribution in [0.1, 0.15) is 5.69 Å². The topological polar surface area (TPSA) is 45.1 Å². The molecule has 0 aliphatic heterocycles. The number of benzene rings is 2. The Morgan fingerprint density at radius 3 is 2.53 bits per heavy atom. The molecule has 0 aliphatic rings. The first kappa shape index (κ1) is 11.5. The molecule has 3 nitrogen and oxygen atoms in total. The van der Waals surface area contributed by atoms with Gasteiger partial charge in [-0.3, -0.25) is 4.98 Å². The van der Waals surface area contributed by atoms with E-state index >= 15 is 0 Å². The molecule has 3 rings (SSSR count). The fourth-order valence-electron chi connectivity index (χ4n) is 1.98. The van der Waals surface area contributed by atoms with Crippen molar-refractivity contribution in [1.82, 2.24) is 4.98 Å². The fourth-order valence-corrected chi connectivity index (χ4v) is 1.98. The van der Waals surface area contributed by atoms with Gasteiger partial charge in [-0.2, -0.15) is 0 Å². The number of fused-ring (bicyclic) bond motifs is 1. The number of phenols is 1. The first-order valence-electron chi connectivity index (χ1n) is 6.19. The molecule has 0 atom stereocenters. The van der Waals surface area contributed by atoms with Gasteiger partial charge >= 0.3 is 0 Å². The smallest absolute Gasteiger partial charge is 0.115 e. The van der Waals surface area contributed by atoms with Crippen molar-refractivity contribution in [2.75, 3.05) is 5.32 Å². The van der Waals surface area contributed by atoms with Crippen LogP contribution in [-0.4, -0.2) is 10.1 Å². The molecule has 3 aromatic rings. The van der Waals surface area contributed by atoms with Crippen molar-refractivity contribution in [1.29, 1.82) is 0 Å². The molecule has 2 aromatic carbocycles. The molecular formula is C16H14N2O. The second-order valence-corrected chi connectivity index (χ2v) is 4.40. The zero-order valence-electron chi connectivity index (χ0n) is 10.4. The second-order valence-electron chi connectivity index (χ2n) is 4.40. The van der Waals surface area contributed by atoms with Crippen molar-refractivity contribution >= 4 is 16.6 Å². The van der Waals surface area contributed by atoms with Gasteiger partial charge in [-0.15, -0.1) is 0 Å². The SMILES string of the molecule is Oc1ccc(NCc2ccc3ccccc3n2)cc1. The summed E-state index contributed by atoms with van der Waals surface area (Å²) in [6.07, 6.45) is 0. The number of para-hydroxylation sites is 1. The standard InChI is InChI=1S/C16H14N2O/c19-15-9-7-13(8-10-15)17-11-14-6-5-12-3-1-2-4-16(12)18-14/h1-10,17,19H,11H2. The van der Waals surface area contributed by atoms with Crippen molar-refractivity contribution in [3.05, 3.63) is 66.4 Å². The van der Waals surface area contributed by atoms with Gasteiger partial charge in [-0.05, 0) is 36.4 Å². The van der Waals surface area contributed by atoms with Crippen LogP contribution in [0.5, 0.6) is 5.75 Å². The number of nitrogens with zero attached hydrogens (tertiary/aromatic N) is 1. The highest BCUT2D eigenvalue weighted by atomic mass is 16.3. The predicted octanol–water partition coefficient (Wildman–Crippen LogP) is 3.55. The fraction of sp³-hybridized carbons (Fsp3) is 0.0625. The monoisotopic (exact) mass is 250 g/mol. The number of pyridine rings is 1. The predicted molar refractivity (Wildman–Crippen MR) is 77.2 cm³/mol. The summed E-state index contributed by atoms with van der Waals surface area (Å²) in [6, 6.07) is 19.2. The van der Waals surface area contributed by atoms with E-state index in [0.717, 1.165) is 22.3 Å². The molecule has 19 heavy (non-hydrogen) atoms. The van der Waals surface area contributed by atoms with Gasteiger partial charge in [0.05, 0.1) is 17.8 Å². The third-order valence-electron chi connectivity index (χ3n) is 3.00. The van der Waals surface area contributed by atoms with Gasteiger partial charge in [0, 0.05) is 11.1 Å². The number of hydrogen-bond donors (Lipinski definition) is 2. The number of aromatic nitrogens is 1. The van der Waals surface area contributed by atoms with Gasteiger partial charge in [-0.25, -0.2) is 0 Å². The van der Waals surface area contributed by atoms with Gasteiger partial charge in [0.2, 0.25) is 0 Å². The highest BCUT2D eigenvalue weighted by molar-refractivity contribution is 5.78. The van der Waals surface area contributed by atoms with E-state index in [9.17, 15) is 5.11 Å². The van der Waals surface area contributed by atoms with E-state index in [1.165, 1.54) is 0 Å². The molecule has 0 saturated heterocycles. The van der Waals surface area contributed by atoms with E-state index < -0.39 is 0 Å². The van der Waals surface area contributed by atoms with Crippen LogP contribution in [0.2, 0.25) is 0 Å². The maximum absolute atomic E-state index is 9.22. The minimum atomic E-state index is 0.273. The Kier molecular flexibility index (Phi) is 3.02. The van der Waals surface area contributed by atoms with Crippen LogP contribution >= 0.6 is 0 Å². The Balaban J connectivity index is 1.76. The van der Waals surface area contributed by atoms with Crippen molar-refractivity contribution in [2.45, 2.75) is 6.54 Å². The third kappa shape index (κ3) is 2.65. The first-order valence-corrected chi connectivity index (χ1v) is 6.19. The third-order valence-corrected chi connectivity index (χ3v) is 3.00. The molecule has 0 radical (unpaired) electrons. The lowest BCUT2D eigenvalue weighted by atomic mass is 10.2. The number of phenolic OH excluding ortho intramolecular Hbond substituents is 1. The van der Waals surface area contributed by atoms with Gasteiger partial charge in [0.1, 0.15) is 5.75 Å². The summed E-state index contributed by atoms with van der Waals surface area (Å²) in [6.45, 7) is 0.662. The number of rotatable bonds is 3. The van der Waals surface area contributed by atoms with Crippen LogP contribution in [0, 0.1) is 0 Å². The molecule has 2 N–H and O–H groups in total. The maximum Gasteiger partial charge on any atom is 0.115 e. The lowest BCUT2D eigenvalue weighted by molar-refractivity contribution is 0.475. The zero-order chi connectivity index (χ0) is 13.1. The molecule has 3 heteroatoms. The average Bonchev–Trinajstić information content (AvgIpc) is 2.46. The Hall–Kier alpha value is -2.55. The van der Waals surface area contributed by atoms with Gasteiger partial charge in [-0.1, -0.05) is 24.3 Å². The van der Waals surface area contributed by atoms with Crippen LogP contribution < -0.4 is 5.32 Å². The molecule has 0 spiro atoms. The van der Waals surface area contributed by atoms with Crippen LogP contribution in [0.15, 0.2) is 60.7 Å². The molecule has 0 aliphatic carbocycles. The van der Waals surface area contributed by atoms with E-state index in [2.05, 4.69) is 22.4 Å². The number of nitrogens with one attached hydrogen (secondary N) is 1. The van der Waals surface area contributed by atoms with Crippen LogP contribution in [-0.2, 0) is 6.54 Å². The Labute approximate surface area is 111 Å². The maximum atomic E-state index is 9.22. The summed E-state index contributed by atoms with van der Waals surface area (Å²) in [5.74, 6) is 0.273. The summed E-state index contributed by atoms with van der Waals surface area (Å²) in [7, 11) is 0. The van der Waals surface area contributed by atoms with E-state index in [1.54, 1.807) is 12.1 Å². The number of aromatic hydroxyl groups is 1. The van der Waals surface area contributed by atoms with Gasteiger partial charge in [0.25, 0.3) is 0 Å². The number of hydrogen-bond acceptors (Lipinski definition) is 3.